The van der Waals surface area contributed by atoms with Crippen molar-refractivity contribution >= 4 is 15.9 Å². The summed E-state index contributed by atoms with van der Waals surface area (Å²) in [6.07, 6.45) is 1.81. The Morgan fingerprint density at radius 1 is 1.21 bits per heavy atom. The first-order chi connectivity index (χ1) is 9.16. The van der Waals surface area contributed by atoms with Crippen LogP contribution in [0.25, 0.3) is 0 Å². The van der Waals surface area contributed by atoms with Crippen molar-refractivity contribution in [3.05, 3.63) is 69.1 Å². The van der Waals surface area contributed by atoms with Crippen molar-refractivity contribution in [2.45, 2.75) is 19.5 Å². The Morgan fingerprint density at radius 3 is 2.63 bits per heavy atom. The van der Waals surface area contributed by atoms with Crippen molar-refractivity contribution in [2.24, 2.45) is 0 Å². The second-order valence-corrected chi connectivity index (χ2v) is 5.38. The second-order valence-electron chi connectivity index (χ2n) is 4.46. The highest BCUT2D eigenvalue weighted by molar-refractivity contribution is 9.10. The summed E-state index contributed by atoms with van der Waals surface area (Å²) in [6, 6.07) is 13.7. The lowest BCUT2D eigenvalue weighted by Crippen LogP contribution is -2.27. The molecule has 0 amide bonds. The van der Waals surface area contributed by atoms with E-state index in [4.69, 9.17) is 0 Å². The van der Waals surface area contributed by atoms with Crippen LogP contribution >= 0.6 is 15.9 Å². The molecule has 19 heavy (non-hydrogen) atoms. The summed E-state index contributed by atoms with van der Waals surface area (Å²) in [5.41, 5.74) is 1.28. The zero-order chi connectivity index (χ0) is 13.7. The first-order valence-corrected chi connectivity index (χ1v) is 7.10. The molecule has 0 spiro atoms. The van der Waals surface area contributed by atoms with Gasteiger partial charge in [0.2, 0.25) is 0 Å². The predicted molar refractivity (Wildman–Crippen MR) is 81.3 cm³/mol. The fourth-order valence-corrected chi connectivity index (χ4v) is 2.18. The van der Waals surface area contributed by atoms with Gasteiger partial charge in [0, 0.05) is 35.9 Å². The summed E-state index contributed by atoms with van der Waals surface area (Å²) in [5.74, 6) is 0. The second kappa shape index (κ2) is 6.68. The van der Waals surface area contributed by atoms with Gasteiger partial charge in [0.05, 0.1) is 0 Å². The number of hydrogen-bond donors (Lipinski definition) is 1. The molecule has 0 saturated carbocycles. The summed E-state index contributed by atoms with van der Waals surface area (Å²) in [7, 11) is 0. The molecule has 0 bridgehead atoms. The molecule has 0 fully saturated rings. The third-order valence-electron chi connectivity index (χ3n) is 3.07. The average molecular weight is 321 g/mol. The summed E-state index contributed by atoms with van der Waals surface area (Å²) in [4.78, 5) is 11.5. The molecule has 0 aliphatic rings. The summed E-state index contributed by atoms with van der Waals surface area (Å²) < 4.78 is 2.79. The highest BCUT2D eigenvalue weighted by Gasteiger charge is 2.04. The summed E-state index contributed by atoms with van der Waals surface area (Å²) >= 11 is 3.43. The molecule has 1 heterocycles. The van der Waals surface area contributed by atoms with E-state index in [-0.39, 0.29) is 11.6 Å². The molecule has 1 aromatic carbocycles. The Hall–Kier alpha value is -1.39. The summed E-state index contributed by atoms with van der Waals surface area (Å²) in [6.45, 7) is 3.57. The molecule has 0 radical (unpaired) electrons. The molecule has 0 aliphatic carbocycles. The van der Waals surface area contributed by atoms with E-state index >= 15 is 0 Å². The van der Waals surface area contributed by atoms with Crippen molar-refractivity contribution in [2.75, 3.05) is 6.54 Å². The van der Waals surface area contributed by atoms with E-state index in [9.17, 15) is 4.79 Å². The minimum Gasteiger partial charge on any atom is -0.314 e. The molecule has 1 aromatic heterocycles. The van der Waals surface area contributed by atoms with Crippen LogP contribution in [0.3, 0.4) is 0 Å². The highest BCUT2D eigenvalue weighted by Crippen LogP contribution is 2.16. The monoisotopic (exact) mass is 320 g/mol. The first-order valence-electron chi connectivity index (χ1n) is 6.31. The molecule has 1 N–H and O–H groups in total. The van der Waals surface area contributed by atoms with Gasteiger partial charge in [-0.3, -0.25) is 4.79 Å². The Bertz CT molecular complexity index is 577. The van der Waals surface area contributed by atoms with E-state index in [1.165, 1.54) is 5.56 Å². The maximum Gasteiger partial charge on any atom is 0.250 e. The van der Waals surface area contributed by atoms with Gasteiger partial charge in [0.1, 0.15) is 0 Å². The highest BCUT2D eigenvalue weighted by atomic mass is 79.9. The maximum absolute atomic E-state index is 11.5. The molecule has 2 rings (SSSR count). The van der Waals surface area contributed by atoms with Crippen molar-refractivity contribution in [1.29, 1.82) is 0 Å². The molecule has 4 heteroatoms. The van der Waals surface area contributed by atoms with E-state index in [0.29, 0.717) is 6.54 Å². The van der Waals surface area contributed by atoms with Gasteiger partial charge in [-0.1, -0.05) is 34.1 Å². The minimum atomic E-state index is 0.0422. The molecule has 3 nitrogen and oxygen atoms in total. The van der Waals surface area contributed by atoms with Crippen LogP contribution in [0.4, 0.5) is 0 Å². The van der Waals surface area contributed by atoms with Crippen molar-refractivity contribution in [3.63, 3.8) is 0 Å². The molecule has 100 valence electrons. The molecular weight excluding hydrogens is 304 g/mol. The van der Waals surface area contributed by atoms with Gasteiger partial charge in [-0.05, 0) is 30.7 Å². The van der Waals surface area contributed by atoms with E-state index in [1.54, 1.807) is 16.7 Å². The standard InChI is InChI=1S/C15H17BrN2O/c1-12(13-5-7-14(16)8-6-13)17-9-11-18-10-3-2-4-15(18)19/h2-8,10,12,17H,9,11H2,1H3/t12-/m1/s1. The summed E-state index contributed by atoms with van der Waals surface area (Å²) in [5, 5.41) is 3.42. The number of nitrogens with zero attached hydrogens (tertiary/aromatic N) is 1. The van der Waals surface area contributed by atoms with Crippen LogP contribution in [0.15, 0.2) is 57.9 Å². The van der Waals surface area contributed by atoms with Gasteiger partial charge in [-0.2, -0.15) is 0 Å². The molecule has 1 atom stereocenters. The van der Waals surface area contributed by atoms with Crippen LogP contribution in [0.1, 0.15) is 18.5 Å². The topological polar surface area (TPSA) is 34.0 Å². The van der Waals surface area contributed by atoms with Crippen LogP contribution < -0.4 is 10.9 Å². The van der Waals surface area contributed by atoms with E-state index < -0.39 is 0 Å². The lowest BCUT2D eigenvalue weighted by atomic mass is 10.1. The third kappa shape index (κ3) is 4.04. The fourth-order valence-electron chi connectivity index (χ4n) is 1.92. The zero-order valence-electron chi connectivity index (χ0n) is 10.8. The minimum absolute atomic E-state index is 0.0422. The van der Waals surface area contributed by atoms with Crippen LogP contribution in [-0.4, -0.2) is 11.1 Å². The van der Waals surface area contributed by atoms with Gasteiger partial charge in [-0.15, -0.1) is 0 Å². The number of rotatable bonds is 5. The maximum atomic E-state index is 11.5. The zero-order valence-corrected chi connectivity index (χ0v) is 12.4. The number of halogens is 1. The van der Waals surface area contributed by atoms with Crippen LogP contribution in [0, 0.1) is 0 Å². The Kier molecular flexibility index (Phi) is 4.93. The average Bonchev–Trinajstić information content (AvgIpc) is 2.41. The van der Waals surface area contributed by atoms with E-state index in [2.05, 4.69) is 40.3 Å². The molecule has 0 saturated heterocycles. The third-order valence-corrected chi connectivity index (χ3v) is 3.60. The van der Waals surface area contributed by atoms with Gasteiger partial charge in [-0.25, -0.2) is 0 Å². The van der Waals surface area contributed by atoms with E-state index in [1.807, 2.05) is 24.4 Å². The molecule has 0 unspecified atom stereocenters. The Labute approximate surface area is 121 Å². The number of nitrogens with one attached hydrogen (secondary N) is 1. The normalized spacial score (nSPS) is 12.3. The van der Waals surface area contributed by atoms with Crippen molar-refractivity contribution in [3.8, 4) is 0 Å². The molecule has 2 aromatic rings. The Morgan fingerprint density at radius 2 is 1.95 bits per heavy atom. The number of aromatic nitrogens is 1. The Balaban J connectivity index is 1.87. The van der Waals surface area contributed by atoms with Gasteiger partial charge in [0.15, 0.2) is 0 Å². The van der Waals surface area contributed by atoms with Gasteiger partial charge >= 0.3 is 0 Å². The number of hydrogen-bond acceptors (Lipinski definition) is 2. The largest absolute Gasteiger partial charge is 0.314 e. The predicted octanol–water partition coefficient (Wildman–Crippen LogP) is 2.96. The van der Waals surface area contributed by atoms with Crippen LogP contribution in [0.2, 0.25) is 0 Å². The lowest BCUT2D eigenvalue weighted by Gasteiger charge is -2.15. The molecular formula is C15H17BrN2O. The van der Waals surface area contributed by atoms with Crippen LogP contribution in [0.5, 0.6) is 0 Å². The van der Waals surface area contributed by atoms with Crippen molar-refractivity contribution in [1.82, 2.24) is 9.88 Å². The van der Waals surface area contributed by atoms with E-state index in [0.717, 1.165) is 11.0 Å². The smallest absolute Gasteiger partial charge is 0.250 e. The lowest BCUT2D eigenvalue weighted by molar-refractivity contribution is 0.524. The first kappa shape index (κ1) is 14.0. The van der Waals surface area contributed by atoms with Gasteiger partial charge in [0.25, 0.3) is 5.56 Å². The number of benzene rings is 1. The fraction of sp³-hybridized carbons (Fsp3) is 0.267. The quantitative estimate of drug-likeness (QED) is 0.919. The molecule has 0 aliphatic heterocycles. The SMILES string of the molecule is C[C@@H](NCCn1ccccc1=O)c1ccc(Br)cc1. The van der Waals surface area contributed by atoms with Crippen molar-refractivity contribution < 1.29 is 0 Å². The van der Waals surface area contributed by atoms with Gasteiger partial charge < -0.3 is 9.88 Å². The number of pyridine rings is 1. The van der Waals surface area contributed by atoms with Crippen LogP contribution in [-0.2, 0) is 6.54 Å².